The van der Waals surface area contributed by atoms with Crippen LogP contribution in [-0.2, 0) is 6.54 Å². The highest BCUT2D eigenvalue weighted by molar-refractivity contribution is 5.93. The lowest BCUT2D eigenvalue weighted by molar-refractivity contribution is 0.0746. The summed E-state index contributed by atoms with van der Waals surface area (Å²) < 4.78 is 0. The highest BCUT2D eigenvalue weighted by Crippen LogP contribution is 2.10. The van der Waals surface area contributed by atoms with Crippen molar-refractivity contribution in [2.75, 3.05) is 6.54 Å². The summed E-state index contributed by atoms with van der Waals surface area (Å²) in [5.74, 6) is -0.00338. The molecule has 0 atom stereocenters. The Balaban J connectivity index is 2.15. The van der Waals surface area contributed by atoms with Crippen LogP contribution in [0.15, 0.2) is 36.5 Å². The predicted octanol–water partition coefficient (Wildman–Crippen LogP) is 2.38. The van der Waals surface area contributed by atoms with Gasteiger partial charge >= 0.3 is 0 Å². The quantitative estimate of drug-likeness (QED) is 0.896. The number of aromatic nitrogens is 2. The van der Waals surface area contributed by atoms with Gasteiger partial charge in [-0.2, -0.15) is 5.10 Å². The summed E-state index contributed by atoms with van der Waals surface area (Å²) >= 11 is 0. The van der Waals surface area contributed by atoms with Crippen molar-refractivity contribution in [3.8, 4) is 0 Å². The summed E-state index contributed by atoms with van der Waals surface area (Å²) in [4.78, 5) is 14.1. The summed E-state index contributed by atoms with van der Waals surface area (Å²) in [7, 11) is 0. The van der Waals surface area contributed by atoms with E-state index in [1.54, 1.807) is 11.1 Å². The lowest BCUT2D eigenvalue weighted by atomic mass is 10.2. The summed E-state index contributed by atoms with van der Waals surface area (Å²) in [5, 5.41) is 6.66. The van der Waals surface area contributed by atoms with Gasteiger partial charge in [0.05, 0.1) is 6.20 Å². The average Bonchev–Trinajstić information content (AvgIpc) is 2.82. The monoisotopic (exact) mass is 243 g/mol. The van der Waals surface area contributed by atoms with Gasteiger partial charge in [-0.3, -0.25) is 9.89 Å². The number of rotatable bonds is 4. The Hall–Kier alpha value is -2.10. The van der Waals surface area contributed by atoms with Gasteiger partial charge in [0.2, 0.25) is 0 Å². The van der Waals surface area contributed by atoms with Crippen LogP contribution in [-0.4, -0.2) is 27.5 Å². The Morgan fingerprint density at radius 2 is 2.06 bits per heavy atom. The molecule has 0 unspecified atom stereocenters. The van der Waals surface area contributed by atoms with Gasteiger partial charge < -0.3 is 4.90 Å². The van der Waals surface area contributed by atoms with Gasteiger partial charge in [-0.1, -0.05) is 30.3 Å². The van der Waals surface area contributed by atoms with Gasteiger partial charge in [0.1, 0.15) is 5.69 Å². The Labute approximate surface area is 107 Å². The van der Waals surface area contributed by atoms with Crippen molar-refractivity contribution in [1.29, 1.82) is 0 Å². The van der Waals surface area contributed by atoms with Crippen molar-refractivity contribution < 1.29 is 4.79 Å². The number of nitrogens with one attached hydrogen (secondary N) is 1. The minimum Gasteiger partial charge on any atom is -0.333 e. The van der Waals surface area contributed by atoms with E-state index in [9.17, 15) is 4.79 Å². The number of benzene rings is 1. The number of hydrogen-bond donors (Lipinski definition) is 1. The van der Waals surface area contributed by atoms with Gasteiger partial charge in [0.15, 0.2) is 0 Å². The smallest absolute Gasteiger partial charge is 0.272 e. The first kappa shape index (κ1) is 12.4. The third-order valence-corrected chi connectivity index (χ3v) is 2.93. The molecule has 2 rings (SSSR count). The van der Waals surface area contributed by atoms with E-state index in [1.165, 1.54) is 0 Å². The van der Waals surface area contributed by atoms with Crippen LogP contribution in [0.5, 0.6) is 0 Å². The van der Waals surface area contributed by atoms with Crippen LogP contribution >= 0.6 is 0 Å². The fourth-order valence-electron chi connectivity index (χ4n) is 1.85. The molecule has 0 saturated heterocycles. The van der Waals surface area contributed by atoms with E-state index < -0.39 is 0 Å². The molecular weight excluding hydrogens is 226 g/mol. The minimum absolute atomic E-state index is 0.00338. The first-order valence-corrected chi connectivity index (χ1v) is 6.05. The molecule has 1 heterocycles. The molecule has 4 nitrogen and oxygen atoms in total. The molecule has 0 radical (unpaired) electrons. The maximum absolute atomic E-state index is 12.3. The molecular formula is C14H17N3O. The van der Waals surface area contributed by atoms with Crippen LogP contribution in [0.3, 0.4) is 0 Å². The van der Waals surface area contributed by atoms with Crippen LogP contribution in [0.2, 0.25) is 0 Å². The van der Waals surface area contributed by atoms with Gasteiger partial charge in [-0.05, 0) is 25.0 Å². The third kappa shape index (κ3) is 2.59. The molecule has 1 aromatic heterocycles. The van der Waals surface area contributed by atoms with E-state index in [0.29, 0.717) is 18.8 Å². The highest BCUT2D eigenvalue weighted by atomic mass is 16.2. The fourth-order valence-corrected chi connectivity index (χ4v) is 1.85. The van der Waals surface area contributed by atoms with E-state index in [1.807, 2.05) is 44.2 Å². The van der Waals surface area contributed by atoms with Crippen molar-refractivity contribution in [2.24, 2.45) is 0 Å². The topological polar surface area (TPSA) is 49.0 Å². The Morgan fingerprint density at radius 1 is 1.33 bits per heavy atom. The maximum Gasteiger partial charge on any atom is 0.272 e. The number of amides is 1. The van der Waals surface area contributed by atoms with E-state index >= 15 is 0 Å². The summed E-state index contributed by atoms with van der Waals surface area (Å²) in [6, 6.07) is 9.98. The van der Waals surface area contributed by atoms with Crippen LogP contribution in [0.1, 0.15) is 28.5 Å². The number of nitrogens with zero attached hydrogens (tertiary/aromatic N) is 2. The third-order valence-electron chi connectivity index (χ3n) is 2.93. The molecule has 0 aliphatic carbocycles. The fraction of sp³-hybridized carbons (Fsp3) is 0.286. The molecule has 0 bridgehead atoms. The largest absolute Gasteiger partial charge is 0.333 e. The second-order valence-corrected chi connectivity index (χ2v) is 4.23. The molecule has 1 aromatic carbocycles. The van der Waals surface area contributed by atoms with Gasteiger partial charge in [0, 0.05) is 13.1 Å². The molecule has 4 heteroatoms. The van der Waals surface area contributed by atoms with Crippen LogP contribution in [0.25, 0.3) is 0 Å². The second kappa shape index (κ2) is 5.49. The highest BCUT2D eigenvalue weighted by Gasteiger charge is 2.17. The number of aryl methyl sites for hydroxylation is 1. The number of aromatic amines is 1. The summed E-state index contributed by atoms with van der Waals surface area (Å²) in [6.45, 7) is 5.15. The number of carbonyl (C=O) groups excluding carboxylic acids is 1. The summed E-state index contributed by atoms with van der Waals surface area (Å²) in [5.41, 5.74) is 2.59. The molecule has 2 aromatic rings. The molecule has 0 saturated carbocycles. The normalized spacial score (nSPS) is 10.3. The zero-order chi connectivity index (χ0) is 13.0. The first-order valence-electron chi connectivity index (χ1n) is 6.05. The van der Waals surface area contributed by atoms with Gasteiger partial charge in [-0.25, -0.2) is 0 Å². The van der Waals surface area contributed by atoms with E-state index in [0.717, 1.165) is 11.1 Å². The lowest BCUT2D eigenvalue weighted by Crippen LogP contribution is -2.31. The first-order chi connectivity index (χ1) is 8.72. The molecule has 1 N–H and O–H groups in total. The van der Waals surface area contributed by atoms with Crippen molar-refractivity contribution >= 4 is 5.91 Å². The van der Waals surface area contributed by atoms with E-state index in [4.69, 9.17) is 0 Å². The van der Waals surface area contributed by atoms with Crippen molar-refractivity contribution in [2.45, 2.75) is 20.4 Å². The molecule has 0 spiro atoms. The number of H-pyrrole nitrogens is 1. The molecule has 0 aliphatic heterocycles. The van der Waals surface area contributed by atoms with E-state index in [2.05, 4.69) is 10.2 Å². The zero-order valence-corrected chi connectivity index (χ0v) is 10.7. The number of carbonyl (C=O) groups is 1. The van der Waals surface area contributed by atoms with Crippen LogP contribution < -0.4 is 0 Å². The molecule has 94 valence electrons. The van der Waals surface area contributed by atoms with E-state index in [-0.39, 0.29) is 5.91 Å². The second-order valence-electron chi connectivity index (χ2n) is 4.23. The standard InChI is InChI=1S/C14H17N3O/c1-3-17(10-12-7-5-4-6-8-12)14(18)13-11(2)9-15-16-13/h4-9H,3,10H2,1-2H3,(H,15,16). The van der Waals surface area contributed by atoms with Gasteiger partial charge in [0.25, 0.3) is 5.91 Å². The summed E-state index contributed by atoms with van der Waals surface area (Å²) in [6.07, 6.45) is 1.67. The Kier molecular flexibility index (Phi) is 3.77. The Morgan fingerprint density at radius 3 is 2.61 bits per heavy atom. The molecule has 18 heavy (non-hydrogen) atoms. The minimum atomic E-state index is -0.00338. The molecule has 1 amide bonds. The van der Waals surface area contributed by atoms with Crippen molar-refractivity contribution in [1.82, 2.24) is 15.1 Å². The SMILES string of the molecule is CCN(Cc1ccccc1)C(=O)c1[nH]ncc1C. The van der Waals surface area contributed by atoms with Gasteiger partial charge in [-0.15, -0.1) is 0 Å². The predicted molar refractivity (Wildman–Crippen MR) is 70.2 cm³/mol. The molecule has 0 aliphatic rings. The van der Waals surface area contributed by atoms with Crippen LogP contribution in [0, 0.1) is 6.92 Å². The zero-order valence-electron chi connectivity index (χ0n) is 10.7. The lowest BCUT2D eigenvalue weighted by Gasteiger charge is -2.20. The van der Waals surface area contributed by atoms with Crippen molar-refractivity contribution in [3.63, 3.8) is 0 Å². The number of hydrogen-bond acceptors (Lipinski definition) is 2. The Bertz CT molecular complexity index is 519. The average molecular weight is 243 g/mol. The maximum atomic E-state index is 12.3. The van der Waals surface area contributed by atoms with Crippen molar-refractivity contribution in [3.05, 3.63) is 53.3 Å². The van der Waals surface area contributed by atoms with Crippen LogP contribution in [0.4, 0.5) is 0 Å². The molecule has 0 fully saturated rings.